The second-order valence-corrected chi connectivity index (χ2v) is 6.33. The molecule has 27 heavy (non-hydrogen) atoms. The Morgan fingerprint density at radius 1 is 1.30 bits per heavy atom. The molecule has 0 aliphatic heterocycles. The number of aromatic nitrogens is 3. The van der Waals surface area contributed by atoms with Crippen LogP contribution in [0.3, 0.4) is 0 Å². The minimum atomic E-state index is -0.964. The summed E-state index contributed by atoms with van der Waals surface area (Å²) in [6.07, 6.45) is 3.91. The normalized spacial score (nSPS) is 11.9. The van der Waals surface area contributed by atoms with E-state index >= 15 is 0 Å². The van der Waals surface area contributed by atoms with Crippen molar-refractivity contribution in [1.82, 2.24) is 20.3 Å². The van der Waals surface area contributed by atoms with E-state index < -0.39 is 17.8 Å². The van der Waals surface area contributed by atoms with Gasteiger partial charge in [0.05, 0.1) is 12.1 Å². The minimum Gasteiger partial charge on any atom is -0.481 e. The molecule has 1 aromatic carbocycles. The fourth-order valence-corrected chi connectivity index (χ4v) is 2.66. The van der Waals surface area contributed by atoms with Crippen molar-refractivity contribution in [1.29, 1.82) is 0 Å². The van der Waals surface area contributed by atoms with Gasteiger partial charge in [-0.15, -0.1) is 0 Å². The number of aliphatic carboxylic acids is 1. The van der Waals surface area contributed by atoms with Gasteiger partial charge in [-0.05, 0) is 24.5 Å². The molecular formula is C19H20N4O4. The second kappa shape index (κ2) is 8.31. The number of nitrogens with zero attached hydrogens (tertiary/aromatic N) is 3. The predicted octanol–water partition coefficient (Wildman–Crippen LogP) is 1.90. The predicted molar refractivity (Wildman–Crippen MR) is 96.2 cm³/mol. The third kappa shape index (κ3) is 5.04. The van der Waals surface area contributed by atoms with Crippen LogP contribution in [0.4, 0.5) is 0 Å². The molecule has 0 bridgehead atoms. The highest BCUT2D eigenvalue weighted by molar-refractivity contribution is 5.92. The Morgan fingerprint density at radius 3 is 2.74 bits per heavy atom. The lowest BCUT2D eigenvalue weighted by atomic mass is 9.99. The standard InChI is InChI=1S/C19H20N4O4/c1-13-9-21-23(11-13)12-16-8-17(22-27-16)18(24)20-10-15(19(25)26)7-14-5-3-2-4-6-14/h2-6,8-9,11,15H,7,10,12H2,1H3,(H,20,24)(H,25,26). The molecule has 0 fully saturated rings. The SMILES string of the molecule is Cc1cnn(Cc2cc(C(=O)NCC(Cc3ccccc3)C(=O)O)no2)c1. The molecule has 0 saturated heterocycles. The summed E-state index contributed by atoms with van der Waals surface area (Å²) in [6.45, 7) is 2.29. The smallest absolute Gasteiger partial charge is 0.308 e. The molecule has 0 spiro atoms. The molecule has 8 nitrogen and oxygen atoms in total. The van der Waals surface area contributed by atoms with Gasteiger partial charge in [-0.3, -0.25) is 14.3 Å². The van der Waals surface area contributed by atoms with Crippen LogP contribution in [0.5, 0.6) is 0 Å². The Morgan fingerprint density at radius 2 is 2.07 bits per heavy atom. The maximum atomic E-state index is 12.2. The van der Waals surface area contributed by atoms with Gasteiger partial charge in [0, 0.05) is 18.8 Å². The maximum absolute atomic E-state index is 12.2. The van der Waals surface area contributed by atoms with Crippen LogP contribution in [0.2, 0.25) is 0 Å². The number of amides is 1. The van der Waals surface area contributed by atoms with Crippen molar-refractivity contribution < 1.29 is 19.2 Å². The maximum Gasteiger partial charge on any atom is 0.308 e. The highest BCUT2D eigenvalue weighted by atomic mass is 16.5. The van der Waals surface area contributed by atoms with Crippen molar-refractivity contribution >= 4 is 11.9 Å². The molecule has 0 aliphatic rings. The first-order chi connectivity index (χ1) is 13.0. The summed E-state index contributed by atoms with van der Waals surface area (Å²) in [4.78, 5) is 23.7. The van der Waals surface area contributed by atoms with Crippen molar-refractivity contribution in [2.75, 3.05) is 6.54 Å². The number of carbonyl (C=O) groups excluding carboxylic acids is 1. The van der Waals surface area contributed by atoms with Gasteiger partial charge in [-0.1, -0.05) is 35.5 Å². The summed E-state index contributed by atoms with van der Waals surface area (Å²) in [7, 11) is 0. The zero-order valence-corrected chi connectivity index (χ0v) is 14.8. The number of hydrogen-bond donors (Lipinski definition) is 2. The van der Waals surface area contributed by atoms with Crippen LogP contribution in [-0.2, 0) is 17.8 Å². The summed E-state index contributed by atoms with van der Waals surface area (Å²) in [5.41, 5.74) is 2.03. The lowest BCUT2D eigenvalue weighted by molar-refractivity contribution is -0.141. The van der Waals surface area contributed by atoms with E-state index in [9.17, 15) is 14.7 Å². The molecule has 2 aromatic heterocycles. The molecule has 0 radical (unpaired) electrons. The van der Waals surface area contributed by atoms with E-state index in [2.05, 4.69) is 15.6 Å². The zero-order valence-electron chi connectivity index (χ0n) is 14.8. The number of carbonyl (C=O) groups is 2. The molecule has 140 valence electrons. The second-order valence-electron chi connectivity index (χ2n) is 6.33. The topological polar surface area (TPSA) is 110 Å². The van der Waals surface area contributed by atoms with Gasteiger partial charge in [0.15, 0.2) is 11.5 Å². The first-order valence-electron chi connectivity index (χ1n) is 8.51. The molecule has 1 amide bonds. The largest absolute Gasteiger partial charge is 0.481 e. The van der Waals surface area contributed by atoms with Gasteiger partial charge in [-0.2, -0.15) is 5.10 Å². The van der Waals surface area contributed by atoms with Crippen LogP contribution in [0.1, 0.15) is 27.4 Å². The summed E-state index contributed by atoms with van der Waals surface area (Å²) in [5.74, 6) is -1.67. The van der Waals surface area contributed by atoms with Crippen LogP contribution in [0.15, 0.2) is 53.3 Å². The van der Waals surface area contributed by atoms with Crippen LogP contribution >= 0.6 is 0 Å². The molecule has 3 aromatic rings. The van der Waals surface area contributed by atoms with E-state index in [1.807, 2.05) is 43.5 Å². The van der Waals surface area contributed by atoms with E-state index in [1.54, 1.807) is 10.9 Å². The Labute approximate surface area is 155 Å². The van der Waals surface area contributed by atoms with E-state index in [0.717, 1.165) is 11.1 Å². The number of hydrogen-bond acceptors (Lipinski definition) is 5. The first kappa shape index (κ1) is 18.4. The van der Waals surface area contributed by atoms with Crippen LogP contribution in [-0.4, -0.2) is 38.5 Å². The highest BCUT2D eigenvalue weighted by Gasteiger charge is 2.20. The molecule has 0 saturated carbocycles. The van der Waals surface area contributed by atoms with E-state index in [-0.39, 0.29) is 12.2 Å². The summed E-state index contributed by atoms with van der Waals surface area (Å²) >= 11 is 0. The fourth-order valence-electron chi connectivity index (χ4n) is 2.66. The molecule has 1 unspecified atom stereocenters. The minimum absolute atomic E-state index is 0.00358. The van der Waals surface area contributed by atoms with Crippen LogP contribution in [0.25, 0.3) is 0 Å². The number of rotatable bonds is 8. The van der Waals surface area contributed by atoms with Gasteiger partial charge in [-0.25, -0.2) is 0 Å². The number of carboxylic acid groups (broad SMARTS) is 1. The molecule has 2 N–H and O–H groups in total. The van der Waals surface area contributed by atoms with Gasteiger partial charge < -0.3 is 14.9 Å². The van der Waals surface area contributed by atoms with Crippen LogP contribution in [0, 0.1) is 12.8 Å². The van der Waals surface area contributed by atoms with Crippen molar-refractivity contribution in [2.24, 2.45) is 5.92 Å². The number of aryl methyl sites for hydroxylation is 1. The van der Waals surface area contributed by atoms with Gasteiger partial charge in [0.1, 0.15) is 6.54 Å². The Balaban J connectivity index is 1.57. The summed E-state index contributed by atoms with van der Waals surface area (Å²) in [6, 6.07) is 10.8. The van der Waals surface area contributed by atoms with Gasteiger partial charge in [0.2, 0.25) is 0 Å². The Kier molecular flexibility index (Phi) is 5.65. The molecular weight excluding hydrogens is 348 g/mol. The molecule has 3 rings (SSSR count). The van der Waals surface area contributed by atoms with Gasteiger partial charge in [0.25, 0.3) is 5.91 Å². The number of benzene rings is 1. The van der Waals surface area contributed by atoms with Crippen molar-refractivity contribution in [3.8, 4) is 0 Å². The summed E-state index contributed by atoms with van der Waals surface area (Å²) < 4.78 is 6.84. The molecule has 0 aliphatic carbocycles. The van der Waals surface area contributed by atoms with Crippen LogP contribution < -0.4 is 5.32 Å². The van der Waals surface area contributed by atoms with Gasteiger partial charge >= 0.3 is 5.97 Å². The van der Waals surface area contributed by atoms with E-state index in [1.165, 1.54) is 6.07 Å². The number of carboxylic acids is 1. The Hall–Kier alpha value is -3.42. The lowest BCUT2D eigenvalue weighted by Crippen LogP contribution is -2.34. The molecule has 8 heteroatoms. The lowest BCUT2D eigenvalue weighted by Gasteiger charge is -2.12. The van der Waals surface area contributed by atoms with Crippen molar-refractivity contribution in [3.05, 3.63) is 71.4 Å². The Bertz CT molecular complexity index is 917. The third-order valence-electron chi connectivity index (χ3n) is 4.05. The first-order valence-corrected chi connectivity index (χ1v) is 8.51. The summed E-state index contributed by atoms with van der Waals surface area (Å²) in [5, 5.41) is 19.9. The average molecular weight is 368 g/mol. The zero-order chi connectivity index (χ0) is 19.2. The van der Waals surface area contributed by atoms with E-state index in [0.29, 0.717) is 18.7 Å². The average Bonchev–Trinajstić information content (AvgIpc) is 3.28. The third-order valence-corrected chi connectivity index (χ3v) is 4.05. The molecule has 1 atom stereocenters. The van der Waals surface area contributed by atoms with E-state index in [4.69, 9.17) is 4.52 Å². The monoisotopic (exact) mass is 368 g/mol. The highest BCUT2D eigenvalue weighted by Crippen LogP contribution is 2.10. The van der Waals surface area contributed by atoms with Crippen molar-refractivity contribution in [3.63, 3.8) is 0 Å². The quantitative estimate of drug-likeness (QED) is 0.628. The van der Waals surface area contributed by atoms with Crippen molar-refractivity contribution in [2.45, 2.75) is 19.9 Å². The number of nitrogens with one attached hydrogen (secondary N) is 1. The molecule has 2 heterocycles. The fraction of sp³-hybridized carbons (Fsp3) is 0.263.